The normalized spacial score (nSPS) is 10.4. The summed E-state index contributed by atoms with van der Waals surface area (Å²) in [7, 11) is 0. The lowest BCUT2D eigenvalue weighted by Gasteiger charge is -2.09. The molecule has 0 aromatic heterocycles. The van der Waals surface area contributed by atoms with E-state index in [4.69, 9.17) is 0 Å². The van der Waals surface area contributed by atoms with Crippen molar-refractivity contribution in [3.05, 3.63) is 60.2 Å². The van der Waals surface area contributed by atoms with Crippen LogP contribution in [0.5, 0.6) is 0 Å². The van der Waals surface area contributed by atoms with Gasteiger partial charge in [-0.2, -0.15) is 11.8 Å². The summed E-state index contributed by atoms with van der Waals surface area (Å²) in [6, 6.07) is 9.84. The first-order valence-electron chi connectivity index (χ1n) is 7.30. The molecule has 2 aromatic rings. The molecule has 0 aliphatic heterocycles. The molecule has 0 aliphatic rings. The zero-order valence-corrected chi connectivity index (χ0v) is 13.7. The Morgan fingerprint density at radius 2 is 2.00 bits per heavy atom. The van der Waals surface area contributed by atoms with Crippen molar-refractivity contribution in [3.8, 4) is 0 Å². The number of benzene rings is 2. The van der Waals surface area contributed by atoms with Gasteiger partial charge in [-0.3, -0.25) is 4.79 Å². The fourth-order valence-corrected chi connectivity index (χ4v) is 2.86. The highest BCUT2D eigenvalue weighted by atomic mass is 32.2. The minimum absolute atomic E-state index is 0.0259. The molecule has 0 spiro atoms. The van der Waals surface area contributed by atoms with E-state index in [9.17, 15) is 4.79 Å². The molecule has 2 nitrogen and oxygen atoms in total. The first-order chi connectivity index (χ1) is 10.7. The van der Waals surface area contributed by atoms with Crippen LogP contribution >= 0.6 is 11.8 Å². The second-order valence-electron chi connectivity index (χ2n) is 5.01. The molecule has 0 fully saturated rings. The standard InChI is InChI=1S/C19H21NOS/c1-4-14-7-8-15-9-10-16(13-18(15)17(14)5-2)19(21)20-11-6-12-22-3/h4-5,7-10,13H,1-2,6,11-12H2,3H3,(H,20,21). The molecule has 0 atom stereocenters. The zero-order valence-electron chi connectivity index (χ0n) is 12.9. The monoisotopic (exact) mass is 311 g/mol. The summed E-state index contributed by atoms with van der Waals surface area (Å²) in [5.41, 5.74) is 2.73. The SMILES string of the molecule is C=Cc1ccc2ccc(C(=O)NCCCSC)cc2c1C=C. The highest BCUT2D eigenvalue weighted by Gasteiger charge is 2.08. The van der Waals surface area contributed by atoms with Crippen LogP contribution in [0.2, 0.25) is 0 Å². The first kappa shape index (κ1) is 16.4. The fraction of sp³-hybridized carbons (Fsp3) is 0.211. The fourth-order valence-electron chi connectivity index (χ4n) is 2.43. The van der Waals surface area contributed by atoms with Gasteiger partial charge in [0, 0.05) is 12.1 Å². The Kier molecular flexibility index (Phi) is 5.84. The molecule has 3 heteroatoms. The Labute approximate surface area is 136 Å². The molecule has 2 rings (SSSR count). The van der Waals surface area contributed by atoms with Crippen LogP contribution < -0.4 is 5.32 Å². The van der Waals surface area contributed by atoms with Crippen molar-refractivity contribution in [1.29, 1.82) is 0 Å². The molecule has 0 saturated heterocycles. The third kappa shape index (κ3) is 3.60. The summed E-state index contributed by atoms with van der Waals surface area (Å²) in [6.07, 6.45) is 6.68. The van der Waals surface area contributed by atoms with Gasteiger partial charge in [-0.1, -0.05) is 43.5 Å². The Morgan fingerprint density at radius 1 is 1.23 bits per heavy atom. The Hall–Kier alpha value is -2.00. The predicted molar refractivity (Wildman–Crippen MR) is 99.5 cm³/mol. The molecule has 1 amide bonds. The van der Waals surface area contributed by atoms with Gasteiger partial charge in [0.1, 0.15) is 0 Å². The topological polar surface area (TPSA) is 29.1 Å². The van der Waals surface area contributed by atoms with E-state index in [0.717, 1.165) is 34.1 Å². The minimum atomic E-state index is -0.0259. The number of amides is 1. The van der Waals surface area contributed by atoms with Crippen LogP contribution in [0.25, 0.3) is 22.9 Å². The van der Waals surface area contributed by atoms with Crippen LogP contribution in [0.3, 0.4) is 0 Å². The number of thioether (sulfide) groups is 1. The average Bonchev–Trinajstić information content (AvgIpc) is 2.56. The second-order valence-corrected chi connectivity index (χ2v) is 6.00. The molecule has 114 valence electrons. The van der Waals surface area contributed by atoms with Crippen molar-refractivity contribution in [3.63, 3.8) is 0 Å². The van der Waals surface area contributed by atoms with E-state index in [0.29, 0.717) is 12.1 Å². The van der Waals surface area contributed by atoms with Gasteiger partial charge in [-0.05, 0) is 52.5 Å². The second kappa shape index (κ2) is 7.85. The van der Waals surface area contributed by atoms with Crippen LogP contribution in [-0.2, 0) is 0 Å². The zero-order chi connectivity index (χ0) is 15.9. The largest absolute Gasteiger partial charge is 0.352 e. The van der Waals surface area contributed by atoms with Crippen molar-refractivity contribution < 1.29 is 4.79 Å². The smallest absolute Gasteiger partial charge is 0.251 e. The summed E-state index contributed by atoms with van der Waals surface area (Å²) in [5.74, 6) is 1.03. The van der Waals surface area contributed by atoms with Crippen molar-refractivity contribution in [2.45, 2.75) is 6.42 Å². The molecule has 0 bridgehead atoms. The number of carbonyl (C=O) groups is 1. The maximum Gasteiger partial charge on any atom is 0.251 e. The predicted octanol–water partition coefficient (Wildman–Crippen LogP) is 4.61. The van der Waals surface area contributed by atoms with E-state index in [1.54, 1.807) is 11.8 Å². The van der Waals surface area contributed by atoms with E-state index in [1.165, 1.54) is 0 Å². The van der Waals surface area contributed by atoms with Gasteiger partial charge in [-0.25, -0.2) is 0 Å². The highest BCUT2D eigenvalue weighted by molar-refractivity contribution is 7.98. The molecule has 2 aromatic carbocycles. The van der Waals surface area contributed by atoms with E-state index >= 15 is 0 Å². The van der Waals surface area contributed by atoms with Gasteiger partial charge in [0.15, 0.2) is 0 Å². The number of nitrogens with one attached hydrogen (secondary N) is 1. The Bertz CT molecular complexity index is 706. The Morgan fingerprint density at radius 3 is 2.68 bits per heavy atom. The highest BCUT2D eigenvalue weighted by Crippen LogP contribution is 2.25. The summed E-state index contributed by atoms with van der Waals surface area (Å²) in [4.78, 5) is 12.2. The molecule has 22 heavy (non-hydrogen) atoms. The Balaban J connectivity index is 2.30. The van der Waals surface area contributed by atoms with Crippen LogP contribution in [-0.4, -0.2) is 24.5 Å². The van der Waals surface area contributed by atoms with Crippen LogP contribution in [0.4, 0.5) is 0 Å². The third-order valence-electron chi connectivity index (χ3n) is 3.59. The van der Waals surface area contributed by atoms with Crippen molar-refractivity contribution in [2.75, 3.05) is 18.6 Å². The molecule has 1 N–H and O–H groups in total. The van der Waals surface area contributed by atoms with Gasteiger partial charge < -0.3 is 5.32 Å². The molecule has 0 unspecified atom stereocenters. The number of hydrogen-bond acceptors (Lipinski definition) is 2. The summed E-state index contributed by atoms with van der Waals surface area (Å²) in [5, 5.41) is 5.09. The quantitative estimate of drug-likeness (QED) is 0.757. The van der Waals surface area contributed by atoms with E-state index in [2.05, 4.69) is 24.7 Å². The average molecular weight is 311 g/mol. The number of fused-ring (bicyclic) bond motifs is 1. The van der Waals surface area contributed by atoms with Gasteiger partial charge in [-0.15, -0.1) is 0 Å². The lowest BCUT2D eigenvalue weighted by molar-refractivity contribution is 0.0954. The number of carbonyl (C=O) groups excluding carboxylic acids is 1. The molecular formula is C19H21NOS. The van der Waals surface area contributed by atoms with Crippen molar-refractivity contribution in [1.82, 2.24) is 5.32 Å². The summed E-state index contributed by atoms with van der Waals surface area (Å²) in [6.45, 7) is 8.42. The van der Waals surface area contributed by atoms with Gasteiger partial charge in [0.25, 0.3) is 5.91 Å². The third-order valence-corrected chi connectivity index (χ3v) is 4.29. The van der Waals surface area contributed by atoms with Crippen molar-refractivity contribution in [2.24, 2.45) is 0 Å². The summed E-state index contributed by atoms with van der Waals surface area (Å²) < 4.78 is 0. The maximum absolute atomic E-state index is 12.2. The number of rotatable bonds is 7. The minimum Gasteiger partial charge on any atom is -0.352 e. The summed E-state index contributed by atoms with van der Waals surface area (Å²) >= 11 is 1.79. The lowest BCUT2D eigenvalue weighted by atomic mass is 9.97. The van der Waals surface area contributed by atoms with Gasteiger partial charge in [0.05, 0.1) is 0 Å². The van der Waals surface area contributed by atoms with E-state index in [-0.39, 0.29) is 5.91 Å². The number of hydrogen-bond donors (Lipinski definition) is 1. The lowest BCUT2D eigenvalue weighted by Crippen LogP contribution is -2.24. The van der Waals surface area contributed by atoms with E-state index < -0.39 is 0 Å². The van der Waals surface area contributed by atoms with Crippen LogP contribution in [0, 0.1) is 0 Å². The van der Waals surface area contributed by atoms with E-state index in [1.807, 2.05) is 42.5 Å². The first-order valence-corrected chi connectivity index (χ1v) is 8.69. The van der Waals surface area contributed by atoms with Gasteiger partial charge >= 0.3 is 0 Å². The molecule has 0 heterocycles. The van der Waals surface area contributed by atoms with Crippen molar-refractivity contribution >= 4 is 40.6 Å². The molecule has 0 radical (unpaired) electrons. The molecule has 0 aliphatic carbocycles. The molecule has 0 saturated carbocycles. The van der Waals surface area contributed by atoms with Crippen LogP contribution in [0.15, 0.2) is 43.5 Å². The molecular weight excluding hydrogens is 290 g/mol. The van der Waals surface area contributed by atoms with Crippen LogP contribution in [0.1, 0.15) is 27.9 Å². The maximum atomic E-state index is 12.2. The van der Waals surface area contributed by atoms with Gasteiger partial charge in [0.2, 0.25) is 0 Å².